The maximum Gasteiger partial charge on any atom is 0.321 e. The number of urea groups is 1. The molecule has 0 bridgehead atoms. The number of carbonyl (C=O) groups is 1. The van der Waals surface area contributed by atoms with E-state index in [4.69, 9.17) is 16.6 Å². The Bertz CT molecular complexity index is 1080. The van der Waals surface area contributed by atoms with Gasteiger partial charge in [-0.3, -0.25) is 14.9 Å². The topological polar surface area (TPSA) is 61.4 Å². The zero-order chi connectivity index (χ0) is 21.2. The fourth-order valence-corrected chi connectivity index (χ4v) is 4.77. The summed E-state index contributed by atoms with van der Waals surface area (Å²) in [5.74, 6) is 0. The summed E-state index contributed by atoms with van der Waals surface area (Å²) in [6.45, 7) is 2.88. The van der Waals surface area contributed by atoms with E-state index < -0.39 is 0 Å². The molecule has 31 heavy (non-hydrogen) atoms. The van der Waals surface area contributed by atoms with Gasteiger partial charge in [0.2, 0.25) is 0 Å². The molecule has 7 heteroatoms. The molecule has 0 radical (unpaired) electrons. The van der Waals surface area contributed by atoms with Crippen molar-refractivity contribution in [2.75, 3.05) is 31.5 Å². The number of hydrogen-bond donors (Lipinski definition) is 1. The van der Waals surface area contributed by atoms with Crippen molar-refractivity contribution >= 4 is 23.3 Å². The number of nitrogens with zero attached hydrogens (tertiary/aromatic N) is 4. The minimum Gasteiger partial charge on any atom is -0.322 e. The van der Waals surface area contributed by atoms with Crippen LogP contribution in [0.4, 0.5) is 10.5 Å². The van der Waals surface area contributed by atoms with Gasteiger partial charge in [-0.25, -0.2) is 4.79 Å². The third kappa shape index (κ3) is 4.13. The number of anilines is 1. The summed E-state index contributed by atoms with van der Waals surface area (Å²) >= 11 is 6.31. The minimum absolute atomic E-state index is 0.0782. The molecule has 158 valence electrons. The van der Waals surface area contributed by atoms with E-state index in [0.29, 0.717) is 18.8 Å². The number of benzene rings is 1. The molecule has 1 aliphatic carbocycles. The number of hydrogen-bond acceptors (Lipinski definition) is 4. The van der Waals surface area contributed by atoms with Gasteiger partial charge in [0.1, 0.15) is 0 Å². The number of nitrogens with one attached hydrogen (secondary N) is 1. The van der Waals surface area contributed by atoms with E-state index in [0.717, 1.165) is 36.6 Å². The molecule has 2 aromatic heterocycles. The fraction of sp³-hybridized carbons (Fsp3) is 0.292. The van der Waals surface area contributed by atoms with Crippen LogP contribution in [-0.2, 0) is 12.8 Å². The maximum absolute atomic E-state index is 12.7. The van der Waals surface area contributed by atoms with Crippen LogP contribution in [0.5, 0.6) is 0 Å². The first-order valence-corrected chi connectivity index (χ1v) is 11.0. The summed E-state index contributed by atoms with van der Waals surface area (Å²) in [5, 5.41) is 3.70. The van der Waals surface area contributed by atoms with Crippen LogP contribution in [-0.4, -0.2) is 52.0 Å². The van der Waals surface area contributed by atoms with Crippen LogP contribution in [0.2, 0.25) is 5.02 Å². The van der Waals surface area contributed by atoms with Crippen molar-refractivity contribution in [2.45, 2.75) is 18.9 Å². The molecule has 1 aromatic carbocycles. The molecular formula is C24H24ClN5O. The molecule has 5 rings (SSSR count). The van der Waals surface area contributed by atoms with Gasteiger partial charge in [0.25, 0.3) is 0 Å². The van der Waals surface area contributed by atoms with Gasteiger partial charge >= 0.3 is 6.03 Å². The molecule has 1 saturated heterocycles. The van der Waals surface area contributed by atoms with Gasteiger partial charge in [-0.05, 0) is 59.9 Å². The highest BCUT2D eigenvalue weighted by Gasteiger charge is 2.33. The first kappa shape index (κ1) is 20.0. The summed E-state index contributed by atoms with van der Waals surface area (Å²) in [4.78, 5) is 25.8. The number of aryl methyl sites for hydroxylation is 2. The number of rotatable bonds is 2. The number of halogens is 1. The molecule has 1 atom stereocenters. The Kier molecular flexibility index (Phi) is 5.57. The Balaban J connectivity index is 1.37. The second-order valence-electron chi connectivity index (χ2n) is 7.99. The third-order valence-electron chi connectivity index (χ3n) is 6.13. The number of aromatic nitrogens is 2. The predicted molar refractivity (Wildman–Crippen MR) is 121 cm³/mol. The molecule has 6 nitrogen and oxygen atoms in total. The molecule has 1 fully saturated rings. The van der Waals surface area contributed by atoms with Gasteiger partial charge in [-0.2, -0.15) is 0 Å². The molecule has 0 saturated carbocycles. The van der Waals surface area contributed by atoms with Crippen molar-refractivity contribution in [1.82, 2.24) is 19.8 Å². The van der Waals surface area contributed by atoms with Crippen LogP contribution in [0, 0.1) is 0 Å². The Labute approximate surface area is 186 Å². The van der Waals surface area contributed by atoms with Crippen LogP contribution < -0.4 is 5.32 Å². The van der Waals surface area contributed by atoms with Gasteiger partial charge in [0.15, 0.2) is 0 Å². The first-order chi connectivity index (χ1) is 15.2. The van der Waals surface area contributed by atoms with E-state index >= 15 is 0 Å². The highest BCUT2D eigenvalue weighted by atomic mass is 35.5. The summed E-state index contributed by atoms with van der Waals surface area (Å²) in [5.41, 5.74) is 5.68. The zero-order valence-corrected chi connectivity index (χ0v) is 17.9. The lowest BCUT2D eigenvalue weighted by Crippen LogP contribution is -2.51. The van der Waals surface area contributed by atoms with E-state index in [1.807, 2.05) is 35.4 Å². The lowest BCUT2D eigenvalue weighted by molar-refractivity contribution is 0.125. The maximum atomic E-state index is 12.7. The Hall–Kier alpha value is -2.96. The quantitative estimate of drug-likeness (QED) is 0.659. The predicted octanol–water partition coefficient (Wildman–Crippen LogP) is 4.17. The normalized spacial score (nSPS) is 18.6. The Morgan fingerprint density at radius 2 is 1.81 bits per heavy atom. The van der Waals surface area contributed by atoms with Crippen LogP contribution in [0.25, 0.3) is 0 Å². The van der Waals surface area contributed by atoms with Crippen molar-refractivity contribution in [3.8, 4) is 0 Å². The van der Waals surface area contributed by atoms with Gasteiger partial charge in [-0.15, -0.1) is 0 Å². The second kappa shape index (κ2) is 8.65. The number of piperazine rings is 1. The standard InChI is InChI=1S/C24H24ClN5O/c25-19-7-8-21-18(15-19)6-5-17-3-1-10-27-22(17)23(21)29-11-13-30(14-12-29)24(31)28-20-4-2-9-26-16-20/h1-4,7-10,15-16,23H,5-6,11-14H2,(H,28,31)/t23-/m1/s1. The van der Waals surface area contributed by atoms with E-state index in [9.17, 15) is 4.79 Å². The summed E-state index contributed by atoms with van der Waals surface area (Å²) in [7, 11) is 0. The zero-order valence-electron chi connectivity index (χ0n) is 17.2. The van der Waals surface area contributed by atoms with Gasteiger partial charge < -0.3 is 10.2 Å². The number of amides is 2. The molecular weight excluding hydrogens is 410 g/mol. The van der Waals surface area contributed by atoms with Crippen LogP contribution in [0.3, 0.4) is 0 Å². The van der Waals surface area contributed by atoms with E-state index in [1.165, 1.54) is 16.7 Å². The molecule has 0 spiro atoms. The molecule has 1 aliphatic heterocycles. The number of pyridine rings is 2. The van der Waals surface area contributed by atoms with Crippen molar-refractivity contribution in [3.05, 3.63) is 88.5 Å². The smallest absolute Gasteiger partial charge is 0.321 e. The van der Waals surface area contributed by atoms with Crippen LogP contribution in [0.15, 0.2) is 61.1 Å². The van der Waals surface area contributed by atoms with Crippen molar-refractivity contribution < 1.29 is 4.79 Å². The van der Waals surface area contributed by atoms with Crippen molar-refractivity contribution in [2.24, 2.45) is 0 Å². The van der Waals surface area contributed by atoms with Gasteiger partial charge in [-0.1, -0.05) is 23.7 Å². The second-order valence-corrected chi connectivity index (χ2v) is 8.42. The fourth-order valence-electron chi connectivity index (χ4n) is 4.57. The average molecular weight is 434 g/mol. The van der Waals surface area contributed by atoms with Gasteiger partial charge in [0.05, 0.1) is 23.6 Å². The van der Waals surface area contributed by atoms with Crippen molar-refractivity contribution in [1.29, 1.82) is 0 Å². The van der Waals surface area contributed by atoms with E-state index in [1.54, 1.807) is 12.4 Å². The third-order valence-corrected chi connectivity index (χ3v) is 6.36. The molecule has 2 amide bonds. The minimum atomic E-state index is -0.0841. The van der Waals surface area contributed by atoms with Crippen molar-refractivity contribution in [3.63, 3.8) is 0 Å². The summed E-state index contributed by atoms with van der Waals surface area (Å²) < 4.78 is 0. The van der Waals surface area contributed by atoms with Crippen LogP contribution in [0.1, 0.15) is 28.4 Å². The lowest BCUT2D eigenvalue weighted by atomic mass is 9.96. The van der Waals surface area contributed by atoms with Crippen LogP contribution >= 0.6 is 11.6 Å². The largest absolute Gasteiger partial charge is 0.322 e. The lowest BCUT2D eigenvalue weighted by Gasteiger charge is -2.39. The SMILES string of the molecule is O=C(Nc1cccnc1)N1CCN([C@@H]2c3ccc(Cl)cc3CCc3cccnc32)CC1. The molecule has 0 unspecified atom stereocenters. The number of fused-ring (bicyclic) bond motifs is 2. The van der Waals surface area contributed by atoms with Gasteiger partial charge in [0, 0.05) is 43.6 Å². The molecule has 2 aliphatic rings. The molecule has 3 aromatic rings. The Morgan fingerprint density at radius 1 is 1.00 bits per heavy atom. The highest BCUT2D eigenvalue weighted by Crippen LogP contribution is 2.37. The van der Waals surface area contributed by atoms with E-state index in [-0.39, 0.29) is 12.1 Å². The number of carbonyl (C=O) groups excluding carboxylic acids is 1. The monoisotopic (exact) mass is 433 g/mol. The highest BCUT2D eigenvalue weighted by molar-refractivity contribution is 6.30. The molecule has 3 heterocycles. The average Bonchev–Trinajstić information content (AvgIpc) is 2.96. The molecule has 1 N–H and O–H groups in total. The first-order valence-electron chi connectivity index (χ1n) is 10.6. The summed E-state index contributed by atoms with van der Waals surface area (Å²) in [6.07, 6.45) is 7.14. The van der Waals surface area contributed by atoms with E-state index in [2.05, 4.69) is 33.4 Å². The summed E-state index contributed by atoms with van der Waals surface area (Å²) in [6, 6.07) is 14.1. The Morgan fingerprint density at radius 3 is 2.61 bits per heavy atom.